The highest BCUT2D eigenvalue weighted by Crippen LogP contribution is 2.34. The summed E-state index contributed by atoms with van der Waals surface area (Å²) < 4.78 is 8.26. The molecular weight excluding hydrogens is 556 g/mol. The predicted octanol–water partition coefficient (Wildman–Crippen LogP) is 5.03. The van der Waals surface area contributed by atoms with Gasteiger partial charge in [-0.1, -0.05) is 62.3 Å². The number of ketones is 1. The van der Waals surface area contributed by atoms with Gasteiger partial charge in [-0.05, 0) is 52.8 Å². The highest BCUT2D eigenvalue weighted by molar-refractivity contribution is 5.83. The molecule has 0 spiro atoms. The monoisotopic (exact) mass is 598 g/mol. The molecule has 44 heavy (non-hydrogen) atoms. The van der Waals surface area contributed by atoms with E-state index in [1.807, 2.05) is 41.4 Å². The van der Waals surface area contributed by atoms with Gasteiger partial charge in [-0.3, -0.25) is 4.79 Å². The van der Waals surface area contributed by atoms with Crippen LogP contribution >= 0.6 is 0 Å². The number of aliphatic hydroxyl groups is 2. The quantitative estimate of drug-likeness (QED) is 0.0757. The average Bonchev–Trinajstić information content (AvgIpc) is 3.58. The standard InChI is InChI=1S/C35H42N4O5/c1-2-3-4-6-26(40)18-27(41)12-9-22-10-14-32(43)33(15-22)44-34-8-5-7-31(42)28-13-11-23(35(36)37)16-24(28)17-25-19-38-30-21-39(34)20-29(25)30/h10-11,13-16,19-21,26,31,34-35,38,40,42-43H,2-4,6,8-9,12,17-18,36-37H2,1H3. The second-order valence-corrected chi connectivity index (χ2v) is 11.7. The molecule has 0 radical (unpaired) electrons. The van der Waals surface area contributed by atoms with E-state index in [9.17, 15) is 20.1 Å². The van der Waals surface area contributed by atoms with Gasteiger partial charge in [0.15, 0.2) is 17.7 Å². The van der Waals surface area contributed by atoms with Crippen LogP contribution in [0.5, 0.6) is 11.5 Å². The molecule has 1 aliphatic heterocycles. The second kappa shape index (κ2) is 14.1. The number of benzene rings is 2. The van der Waals surface area contributed by atoms with Crippen LogP contribution in [0.1, 0.15) is 98.2 Å². The van der Waals surface area contributed by atoms with E-state index < -0.39 is 24.6 Å². The number of unbranched alkanes of at least 4 members (excludes halogenated alkanes) is 2. The van der Waals surface area contributed by atoms with Crippen LogP contribution in [0, 0.1) is 11.8 Å². The van der Waals surface area contributed by atoms with Crippen molar-refractivity contribution in [2.45, 2.75) is 89.3 Å². The summed E-state index contributed by atoms with van der Waals surface area (Å²) in [6, 6.07) is 10.7. The van der Waals surface area contributed by atoms with Crippen LogP contribution in [-0.4, -0.2) is 36.8 Å². The van der Waals surface area contributed by atoms with E-state index in [0.29, 0.717) is 31.2 Å². The van der Waals surface area contributed by atoms with Gasteiger partial charge in [-0.15, -0.1) is 0 Å². The van der Waals surface area contributed by atoms with Crippen molar-refractivity contribution in [1.29, 1.82) is 0 Å². The van der Waals surface area contributed by atoms with Gasteiger partial charge < -0.3 is 41.1 Å². The summed E-state index contributed by atoms with van der Waals surface area (Å²) in [4.78, 5) is 15.8. The molecule has 0 aliphatic carbocycles. The number of aliphatic hydroxyl groups excluding tert-OH is 2. The van der Waals surface area contributed by atoms with Crippen molar-refractivity contribution >= 4 is 16.7 Å². The number of H-pyrrole nitrogens is 1. The number of carbonyl (C=O) groups excluding carboxylic acids is 1. The number of carbonyl (C=O) groups is 1. The molecule has 8 N–H and O–H groups in total. The van der Waals surface area contributed by atoms with Crippen molar-refractivity contribution in [2.24, 2.45) is 11.5 Å². The number of nitrogens with one attached hydrogen (secondary N) is 1. The summed E-state index contributed by atoms with van der Waals surface area (Å²) in [7, 11) is 0. The Balaban J connectivity index is 1.35. The lowest BCUT2D eigenvalue weighted by Crippen LogP contribution is -2.20. The topological polar surface area (TPSA) is 160 Å². The summed E-state index contributed by atoms with van der Waals surface area (Å²) in [5, 5.41) is 32.9. The first kappa shape index (κ1) is 31.4. The number of aromatic nitrogens is 2. The first-order valence-electron chi connectivity index (χ1n) is 15.4. The van der Waals surface area contributed by atoms with Crippen LogP contribution in [0.2, 0.25) is 0 Å². The minimum atomic E-state index is -1.02. The number of rotatable bonds is 12. The number of nitrogens with two attached hydrogens (primary N) is 2. The molecule has 0 amide bonds. The Morgan fingerprint density at radius 2 is 2.00 bits per heavy atom. The minimum absolute atomic E-state index is 0.0135. The number of fused-ring (bicyclic) bond motifs is 2. The van der Waals surface area contributed by atoms with Crippen LogP contribution in [0.4, 0.5) is 0 Å². The Morgan fingerprint density at radius 3 is 2.80 bits per heavy atom. The third-order valence-corrected chi connectivity index (χ3v) is 8.25. The Morgan fingerprint density at radius 1 is 1.16 bits per heavy atom. The summed E-state index contributed by atoms with van der Waals surface area (Å²) in [5.74, 6) is 6.30. The molecule has 5 rings (SSSR count). The van der Waals surface area contributed by atoms with Gasteiger partial charge in [-0.25, -0.2) is 0 Å². The highest BCUT2D eigenvalue weighted by Gasteiger charge is 2.21. The number of hydrogen-bond donors (Lipinski definition) is 6. The normalized spacial score (nSPS) is 17.0. The van der Waals surface area contributed by atoms with E-state index in [2.05, 4.69) is 23.7 Å². The smallest absolute Gasteiger partial charge is 0.186 e. The fourth-order valence-electron chi connectivity index (χ4n) is 5.72. The van der Waals surface area contributed by atoms with Gasteiger partial charge in [-0.2, -0.15) is 0 Å². The van der Waals surface area contributed by atoms with E-state index in [4.69, 9.17) is 16.2 Å². The number of aromatic hydroxyl groups is 1. The molecule has 3 unspecified atom stereocenters. The zero-order valence-electron chi connectivity index (χ0n) is 25.1. The lowest BCUT2D eigenvalue weighted by molar-refractivity contribution is -0.121. The molecule has 0 saturated heterocycles. The molecule has 232 valence electrons. The Hall–Kier alpha value is -4.07. The summed E-state index contributed by atoms with van der Waals surface area (Å²) in [6.07, 6.45) is 8.45. The molecule has 2 aromatic carbocycles. The summed E-state index contributed by atoms with van der Waals surface area (Å²) in [5.41, 5.74) is 17.0. The molecular formula is C35H42N4O5. The van der Waals surface area contributed by atoms with Crippen molar-refractivity contribution in [3.8, 4) is 23.3 Å². The maximum atomic E-state index is 12.5. The molecule has 0 saturated carbocycles. The number of aryl methyl sites for hydroxylation is 1. The number of nitrogens with zero attached hydrogens (tertiary/aromatic N) is 1. The van der Waals surface area contributed by atoms with E-state index in [1.165, 1.54) is 0 Å². The van der Waals surface area contributed by atoms with Crippen LogP contribution in [0.25, 0.3) is 10.9 Å². The van der Waals surface area contributed by atoms with Crippen molar-refractivity contribution < 1.29 is 24.9 Å². The van der Waals surface area contributed by atoms with Crippen molar-refractivity contribution in [1.82, 2.24) is 9.55 Å². The molecule has 9 nitrogen and oxygen atoms in total. The van der Waals surface area contributed by atoms with Gasteiger partial charge in [0.2, 0.25) is 0 Å². The number of hydrogen-bond acceptors (Lipinski definition) is 7. The second-order valence-electron chi connectivity index (χ2n) is 11.7. The van der Waals surface area contributed by atoms with E-state index >= 15 is 0 Å². The summed E-state index contributed by atoms with van der Waals surface area (Å²) in [6.45, 7) is 2.11. The maximum Gasteiger partial charge on any atom is 0.186 e. The van der Waals surface area contributed by atoms with Crippen molar-refractivity contribution in [3.63, 3.8) is 0 Å². The van der Waals surface area contributed by atoms with Gasteiger partial charge in [0, 0.05) is 43.2 Å². The van der Waals surface area contributed by atoms with E-state index in [1.54, 1.807) is 18.2 Å². The average molecular weight is 599 g/mol. The number of Topliss-reactive ketones (excluding diaryl/α,β-unsaturated/α-hetero) is 1. The fourth-order valence-corrected chi connectivity index (χ4v) is 5.72. The predicted molar refractivity (Wildman–Crippen MR) is 170 cm³/mol. The number of phenolic OH excluding ortho intramolecular Hbond substituents is 1. The highest BCUT2D eigenvalue weighted by atomic mass is 16.5. The van der Waals surface area contributed by atoms with Crippen LogP contribution in [0.3, 0.4) is 0 Å². The molecule has 2 bridgehead atoms. The molecule has 3 heterocycles. The lowest BCUT2D eigenvalue weighted by Gasteiger charge is -2.20. The molecule has 2 aromatic heterocycles. The van der Waals surface area contributed by atoms with Crippen molar-refractivity contribution in [2.75, 3.05) is 0 Å². The largest absolute Gasteiger partial charge is 0.504 e. The SMILES string of the molecule is CCCCCC(O)CC(=O)CCc1ccc(O)c(OC2CC#CC(O)c3ccc(C(N)N)cc3Cc3c[nH]c4cn2cc34)c1. The Kier molecular flexibility index (Phi) is 10.1. The Bertz CT molecular complexity index is 1660. The molecule has 1 aliphatic rings. The lowest BCUT2D eigenvalue weighted by atomic mass is 9.94. The van der Waals surface area contributed by atoms with Gasteiger partial charge in [0.25, 0.3) is 0 Å². The molecule has 3 atom stereocenters. The van der Waals surface area contributed by atoms with Crippen LogP contribution < -0.4 is 16.2 Å². The third kappa shape index (κ3) is 7.52. The fraction of sp³-hybridized carbons (Fsp3) is 0.400. The van der Waals surface area contributed by atoms with Gasteiger partial charge >= 0.3 is 0 Å². The number of ether oxygens (including phenoxy) is 1. The molecule has 9 heteroatoms. The van der Waals surface area contributed by atoms with Crippen LogP contribution in [0.15, 0.2) is 55.0 Å². The van der Waals surface area contributed by atoms with Crippen molar-refractivity contribution in [3.05, 3.63) is 82.8 Å². The third-order valence-electron chi connectivity index (χ3n) is 8.25. The first-order valence-corrected chi connectivity index (χ1v) is 15.4. The Labute approximate surface area is 257 Å². The minimum Gasteiger partial charge on any atom is -0.504 e. The zero-order chi connectivity index (χ0) is 31.2. The summed E-state index contributed by atoms with van der Waals surface area (Å²) >= 11 is 0. The molecule has 0 fully saturated rings. The van der Waals surface area contributed by atoms with Gasteiger partial charge in [0.1, 0.15) is 11.9 Å². The van der Waals surface area contributed by atoms with Gasteiger partial charge in [0.05, 0.1) is 24.2 Å². The van der Waals surface area contributed by atoms with Crippen LogP contribution in [-0.2, 0) is 17.6 Å². The van der Waals surface area contributed by atoms with E-state index in [0.717, 1.165) is 52.4 Å². The first-order chi connectivity index (χ1) is 21.2. The van der Waals surface area contributed by atoms with E-state index in [-0.39, 0.29) is 30.1 Å². The number of phenols is 1. The number of aromatic amines is 1. The zero-order valence-corrected chi connectivity index (χ0v) is 25.1. The molecule has 4 aromatic rings. The maximum absolute atomic E-state index is 12.5.